The van der Waals surface area contributed by atoms with E-state index in [9.17, 15) is 0 Å². The normalized spacial score (nSPS) is 10.1. The number of nitrogens with zero attached hydrogens (tertiary/aromatic N) is 1. The number of imidazole rings is 1. The molecule has 1 aromatic heterocycles. The number of hydrogen-bond acceptors (Lipinski definition) is 1. The minimum Gasteiger partial charge on any atom is -0.348 e. The molecule has 1 N–H and O–H groups in total. The van der Waals surface area contributed by atoms with Crippen LogP contribution in [0.15, 0.2) is 49.2 Å². The molecule has 1 aromatic carbocycles. The van der Waals surface area contributed by atoms with Gasteiger partial charge in [-0.1, -0.05) is 36.4 Å². The number of allylic oxidation sites excluding steroid dienone is 1. The molecular weight excluding hydrogens is 184 g/mol. The summed E-state index contributed by atoms with van der Waals surface area (Å²) >= 11 is 0. The van der Waals surface area contributed by atoms with E-state index in [1.807, 2.05) is 30.5 Å². The first-order valence-corrected chi connectivity index (χ1v) is 5.06. The van der Waals surface area contributed by atoms with Crippen molar-refractivity contribution in [2.75, 3.05) is 0 Å². The molecule has 15 heavy (non-hydrogen) atoms. The van der Waals surface area contributed by atoms with Crippen LogP contribution in [-0.2, 0) is 12.8 Å². The maximum Gasteiger partial charge on any atom is 0.110 e. The molecule has 0 aliphatic heterocycles. The average molecular weight is 198 g/mol. The second-order valence-electron chi connectivity index (χ2n) is 3.49. The predicted octanol–water partition coefficient (Wildman–Crippen LogP) is 2.73. The van der Waals surface area contributed by atoms with Gasteiger partial charge in [-0.25, -0.2) is 4.98 Å². The molecule has 0 fully saturated rings. The van der Waals surface area contributed by atoms with E-state index in [1.165, 1.54) is 5.56 Å². The predicted molar refractivity (Wildman–Crippen MR) is 61.7 cm³/mol. The van der Waals surface area contributed by atoms with Gasteiger partial charge in [0.15, 0.2) is 0 Å². The third-order valence-corrected chi connectivity index (χ3v) is 2.25. The molecule has 0 saturated heterocycles. The van der Waals surface area contributed by atoms with Crippen molar-refractivity contribution < 1.29 is 0 Å². The highest BCUT2D eigenvalue weighted by molar-refractivity contribution is 5.19. The Bertz CT molecular complexity index is 429. The summed E-state index contributed by atoms with van der Waals surface area (Å²) in [5, 5.41) is 0. The summed E-state index contributed by atoms with van der Waals surface area (Å²) in [6.45, 7) is 3.70. The molecule has 0 saturated carbocycles. The molecule has 0 radical (unpaired) electrons. The Kier molecular flexibility index (Phi) is 2.98. The summed E-state index contributed by atoms with van der Waals surface area (Å²) < 4.78 is 0. The third-order valence-electron chi connectivity index (χ3n) is 2.25. The molecule has 2 aromatic rings. The molecule has 0 atom stereocenters. The maximum atomic E-state index is 4.47. The van der Waals surface area contributed by atoms with Crippen LogP contribution in [0.1, 0.15) is 17.1 Å². The summed E-state index contributed by atoms with van der Waals surface area (Å²) in [7, 11) is 0. The number of hydrogen-bond donors (Lipinski definition) is 1. The number of nitrogens with one attached hydrogen (secondary N) is 1. The second kappa shape index (κ2) is 4.60. The summed E-state index contributed by atoms with van der Waals surface area (Å²) in [4.78, 5) is 7.65. The Morgan fingerprint density at radius 3 is 2.80 bits per heavy atom. The summed E-state index contributed by atoms with van der Waals surface area (Å²) in [6, 6.07) is 10.3. The molecule has 0 spiro atoms. The zero-order valence-electron chi connectivity index (χ0n) is 8.61. The van der Waals surface area contributed by atoms with Crippen molar-refractivity contribution in [1.82, 2.24) is 9.97 Å². The molecule has 1 heterocycles. The van der Waals surface area contributed by atoms with Crippen molar-refractivity contribution in [2.24, 2.45) is 0 Å². The topological polar surface area (TPSA) is 28.7 Å². The molecule has 0 aliphatic rings. The Balaban J connectivity index is 2.08. The third kappa shape index (κ3) is 2.56. The van der Waals surface area contributed by atoms with Gasteiger partial charge in [-0.2, -0.15) is 0 Å². The fourth-order valence-electron chi connectivity index (χ4n) is 1.54. The Morgan fingerprint density at radius 2 is 2.07 bits per heavy atom. The highest BCUT2D eigenvalue weighted by Gasteiger charge is 2.00. The first kappa shape index (κ1) is 9.71. The van der Waals surface area contributed by atoms with Gasteiger partial charge >= 0.3 is 0 Å². The summed E-state index contributed by atoms with van der Waals surface area (Å²) in [6.07, 6.45) is 5.49. The molecule has 2 rings (SSSR count). The van der Waals surface area contributed by atoms with Crippen LogP contribution in [-0.4, -0.2) is 9.97 Å². The average Bonchev–Trinajstić information content (AvgIpc) is 2.68. The number of rotatable bonds is 4. The van der Waals surface area contributed by atoms with E-state index < -0.39 is 0 Å². The van der Waals surface area contributed by atoms with Gasteiger partial charge < -0.3 is 4.98 Å². The lowest BCUT2D eigenvalue weighted by Gasteiger charge is -1.96. The van der Waals surface area contributed by atoms with Gasteiger partial charge in [-0.05, 0) is 5.56 Å². The van der Waals surface area contributed by atoms with Crippen LogP contribution in [0.4, 0.5) is 0 Å². The number of benzene rings is 1. The van der Waals surface area contributed by atoms with Crippen LogP contribution in [0.2, 0.25) is 0 Å². The fourth-order valence-corrected chi connectivity index (χ4v) is 1.54. The van der Waals surface area contributed by atoms with Crippen LogP contribution in [0.5, 0.6) is 0 Å². The number of H-pyrrole nitrogens is 1. The number of aromatic nitrogens is 2. The van der Waals surface area contributed by atoms with Gasteiger partial charge in [0.1, 0.15) is 5.82 Å². The van der Waals surface area contributed by atoms with Crippen molar-refractivity contribution in [3.63, 3.8) is 0 Å². The summed E-state index contributed by atoms with van der Waals surface area (Å²) in [5.74, 6) is 1.01. The molecule has 2 nitrogen and oxygen atoms in total. The maximum absolute atomic E-state index is 4.47. The van der Waals surface area contributed by atoms with E-state index in [-0.39, 0.29) is 0 Å². The van der Waals surface area contributed by atoms with Gasteiger partial charge in [0.2, 0.25) is 0 Å². The standard InChI is InChI=1S/C13H14N2/c1-2-6-12-10-14-13(15-12)9-11-7-4-3-5-8-11/h2-5,7-8,10H,1,6,9H2,(H,14,15). The van der Waals surface area contributed by atoms with Crippen molar-refractivity contribution in [1.29, 1.82) is 0 Å². The van der Waals surface area contributed by atoms with Crippen LogP contribution >= 0.6 is 0 Å². The molecule has 76 valence electrons. The lowest BCUT2D eigenvalue weighted by atomic mass is 10.1. The lowest BCUT2D eigenvalue weighted by Crippen LogP contribution is -1.90. The Morgan fingerprint density at radius 1 is 1.27 bits per heavy atom. The minimum absolute atomic E-state index is 0.825. The SMILES string of the molecule is C=CCc1c[nH]c(Cc2ccccc2)n1. The first-order valence-electron chi connectivity index (χ1n) is 5.06. The van der Waals surface area contributed by atoms with Crippen molar-refractivity contribution >= 4 is 0 Å². The van der Waals surface area contributed by atoms with Gasteiger partial charge in [-0.15, -0.1) is 6.58 Å². The van der Waals surface area contributed by atoms with Crippen LogP contribution in [0.25, 0.3) is 0 Å². The van der Waals surface area contributed by atoms with Crippen molar-refractivity contribution in [3.8, 4) is 0 Å². The molecule has 2 heteroatoms. The van der Waals surface area contributed by atoms with Crippen LogP contribution in [0, 0.1) is 0 Å². The molecule has 0 bridgehead atoms. The zero-order chi connectivity index (χ0) is 10.5. The monoisotopic (exact) mass is 198 g/mol. The van der Waals surface area contributed by atoms with Gasteiger partial charge in [0.05, 0.1) is 5.69 Å². The van der Waals surface area contributed by atoms with Crippen LogP contribution in [0.3, 0.4) is 0 Å². The van der Waals surface area contributed by atoms with E-state index in [4.69, 9.17) is 0 Å². The highest BCUT2D eigenvalue weighted by Crippen LogP contribution is 2.06. The van der Waals surface area contributed by atoms with Gasteiger partial charge in [0.25, 0.3) is 0 Å². The van der Waals surface area contributed by atoms with Crippen molar-refractivity contribution in [2.45, 2.75) is 12.8 Å². The van der Waals surface area contributed by atoms with E-state index in [2.05, 4.69) is 28.7 Å². The molecular formula is C13H14N2. The zero-order valence-corrected chi connectivity index (χ0v) is 8.61. The molecule has 0 unspecified atom stereocenters. The smallest absolute Gasteiger partial charge is 0.110 e. The largest absolute Gasteiger partial charge is 0.348 e. The molecule has 0 amide bonds. The van der Waals surface area contributed by atoms with E-state index in [0.29, 0.717) is 0 Å². The molecule has 0 aliphatic carbocycles. The second-order valence-corrected chi connectivity index (χ2v) is 3.49. The summed E-state index contributed by atoms with van der Waals surface area (Å²) in [5.41, 5.74) is 2.33. The quantitative estimate of drug-likeness (QED) is 0.752. The van der Waals surface area contributed by atoms with Gasteiger partial charge in [-0.3, -0.25) is 0 Å². The van der Waals surface area contributed by atoms with E-state index in [0.717, 1.165) is 24.4 Å². The van der Waals surface area contributed by atoms with Crippen LogP contribution < -0.4 is 0 Å². The van der Waals surface area contributed by atoms with E-state index in [1.54, 1.807) is 0 Å². The minimum atomic E-state index is 0.825. The Labute approximate surface area is 89.7 Å². The first-order chi connectivity index (χ1) is 7.38. The van der Waals surface area contributed by atoms with Gasteiger partial charge in [0, 0.05) is 19.0 Å². The van der Waals surface area contributed by atoms with E-state index >= 15 is 0 Å². The highest BCUT2D eigenvalue weighted by atomic mass is 14.9. The number of aromatic amines is 1. The fraction of sp³-hybridized carbons (Fsp3) is 0.154. The Hall–Kier alpha value is -1.83. The van der Waals surface area contributed by atoms with Crippen molar-refractivity contribution in [3.05, 3.63) is 66.3 Å². The lowest BCUT2D eigenvalue weighted by molar-refractivity contribution is 1.01.